The van der Waals surface area contributed by atoms with Crippen LogP contribution in [0.2, 0.25) is 0 Å². The highest BCUT2D eigenvalue weighted by atomic mass is 32.2. The molecule has 2 aromatic rings. The molecule has 35 heavy (non-hydrogen) atoms. The number of ether oxygens (including phenoxy) is 1. The number of benzene rings is 1. The molecule has 1 fully saturated rings. The minimum absolute atomic E-state index is 0.0184. The third-order valence-corrected chi connectivity index (χ3v) is 7.26. The molecule has 188 valence electrons. The highest BCUT2D eigenvalue weighted by molar-refractivity contribution is 7.88. The number of fused-ring (bicyclic) bond motifs is 1. The van der Waals surface area contributed by atoms with Crippen LogP contribution in [0.1, 0.15) is 51.2 Å². The quantitative estimate of drug-likeness (QED) is 0.658. The van der Waals surface area contributed by atoms with Crippen molar-refractivity contribution >= 4 is 38.0 Å². The van der Waals surface area contributed by atoms with Crippen molar-refractivity contribution in [2.24, 2.45) is 0 Å². The van der Waals surface area contributed by atoms with Gasteiger partial charge in [-0.25, -0.2) is 22.5 Å². The Morgan fingerprint density at radius 1 is 1.17 bits per heavy atom. The largest absolute Gasteiger partial charge is 0.480 e. The number of nitrogens with zero attached hydrogens (tertiary/aromatic N) is 2. The molecular formula is C26H32FN3O4S. The van der Waals surface area contributed by atoms with E-state index in [4.69, 9.17) is 9.72 Å². The molecule has 0 spiro atoms. The molecule has 0 bridgehead atoms. The molecule has 0 saturated carbocycles. The molecule has 1 aromatic carbocycles. The lowest BCUT2D eigenvalue weighted by atomic mass is 9.83. The van der Waals surface area contributed by atoms with Crippen molar-refractivity contribution in [2.75, 3.05) is 31.4 Å². The predicted octanol–water partition coefficient (Wildman–Crippen LogP) is 4.27. The van der Waals surface area contributed by atoms with E-state index < -0.39 is 15.9 Å². The zero-order chi connectivity index (χ0) is 25.5. The van der Waals surface area contributed by atoms with Crippen LogP contribution >= 0.6 is 0 Å². The van der Waals surface area contributed by atoms with E-state index in [9.17, 15) is 17.6 Å². The van der Waals surface area contributed by atoms with Crippen molar-refractivity contribution in [2.45, 2.75) is 51.5 Å². The average molecular weight is 502 g/mol. The van der Waals surface area contributed by atoms with E-state index in [1.54, 1.807) is 7.11 Å². The molecule has 7 nitrogen and oxygen atoms in total. The summed E-state index contributed by atoms with van der Waals surface area (Å²) in [6.07, 6.45) is 5.09. The van der Waals surface area contributed by atoms with Crippen molar-refractivity contribution in [1.82, 2.24) is 9.71 Å². The van der Waals surface area contributed by atoms with Crippen LogP contribution in [0.3, 0.4) is 0 Å². The van der Waals surface area contributed by atoms with Gasteiger partial charge in [0.25, 0.3) is 0 Å². The van der Waals surface area contributed by atoms with Crippen molar-refractivity contribution < 1.29 is 22.3 Å². The molecule has 2 heterocycles. The predicted molar refractivity (Wildman–Crippen MR) is 137 cm³/mol. The number of carbonyl (C=O) groups excluding carboxylic acids is 1. The maximum atomic E-state index is 14.2. The van der Waals surface area contributed by atoms with Gasteiger partial charge in [-0.05, 0) is 54.2 Å². The molecule has 1 aromatic heterocycles. The number of halogens is 1. The zero-order valence-corrected chi connectivity index (χ0v) is 21.6. The smallest absolute Gasteiger partial charge is 0.237 e. The number of hydrogen-bond acceptors (Lipinski definition) is 6. The molecule has 1 saturated heterocycles. The number of Topliss-reactive ketones (excluding diaryl/α,β-unsaturated/α-hetero) is 1. The van der Waals surface area contributed by atoms with Crippen LogP contribution in [-0.4, -0.2) is 51.7 Å². The first-order valence-electron chi connectivity index (χ1n) is 11.7. The van der Waals surface area contributed by atoms with Crippen LogP contribution in [0.4, 0.5) is 10.1 Å². The fourth-order valence-corrected chi connectivity index (χ4v) is 5.46. The number of pyridine rings is 1. The summed E-state index contributed by atoms with van der Waals surface area (Å²) in [6.45, 7) is 7.55. The minimum atomic E-state index is -3.26. The van der Waals surface area contributed by atoms with Gasteiger partial charge in [-0.15, -0.1) is 0 Å². The minimum Gasteiger partial charge on any atom is -0.480 e. The lowest BCUT2D eigenvalue weighted by Crippen LogP contribution is -2.44. The number of allylic oxidation sites excluding steroid dienone is 4. The van der Waals surface area contributed by atoms with Gasteiger partial charge in [-0.3, -0.25) is 4.79 Å². The third kappa shape index (κ3) is 5.56. The van der Waals surface area contributed by atoms with Crippen molar-refractivity contribution in [1.29, 1.82) is 0 Å². The first-order valence-corrected chi connectivity index (χ1v) is 13.6. The molecule has 1 aliphatic heterocycles. The maximum Gasteiger partial charge on any atom is 0.237 e. The van der Waals surface area contributed by atoms with E-state index in [0.29, 0.717) is 48.5 Å². The van der Waals surface area contributed by atoms with Crippen molar-refractivity contribution in [3.05, 3.63) is 47.3 Å². The zero-order valence-electron chi connectivity index (χ0n) is 20.8. The number of anilines is 1. The van der Waals surface area contributed by atoms with E-state index >= 15 is 0 Å². The number of rotatable bonds is 5. The summed E-state index contributed by atoms with van der Waals surface area (Å²) in [5.74, 6) is -0.163. The Kier molecular flexibility index (Phi) is 6.76. The first kappa shape index (κ1) is 25.3. The van der Waals surface area contributed by atoms with Gasteiger partial charge in [-0.2, -0.15) is 0 Å². The van der Waals surface area contributed by atoms with Crippen LogP contribution in [-0.2, 0) is 20.2 Å². The number of piperidine rings is 1. The summed E-state index contributed by atoms with van der Waals surface area (Å²) >= 11 is 0. The summed E-state index contributed by atoms with van der Waals surface area (Å²) in [5.41, 5.74) is 3.12. The molecule has 0 radical (unpaired) electrons. The van der Waals surface area contributed by atoms with E-state index in [2.05, 4.69) is 36.5 Å². The topological polar surface area (TPSA) is 88.6 Å². The Hall–Kier alpha value is -2.78. The molecule has 1 N–H and O–H groups in total. The number of sulfonamides is 1. The lowest BCUT2D eigenvalue weighted by Gasteiger charge is -2.34. The monoisotopic (exact) mass is 501 g/mol. The normalized spacial score (nSPS) is 18.0. The van der Waals surface area contributed by atoms with Gasteiger partial charge < -0.3 is 9.64 Å². The molecule has 0 unspecified atom stereocenters. The number of methoxy groups -OCH3 is 1. The lowest BCUT2D eigenvalue weighted by molar-refractivity contribution is -0.113. The van der Waals surface area contributed by atoms with E-state index in [-0.39, 0.29) is 23.7 Å². The molecule has 4 rings (SSSR count). The van der Waals surface area contributed by atoms with E-state index in [1.807, 2.05) is 12.1 Å². The summed E-state index contributed by atoms with van der Waals surface area (Å²) in [6, 6.07) is 5.89. The Bertz CT molecular complexity index is 1330. The van der Waals surface area contributed by atoms with Crippen LogP contribution in [0.15, 0.2) is 36.2 Å². The van der Waals surface area contributed by atoms with E-state index in [1.165, 1.54) is 18.4 Å². The Balaban J connectivity index is 1.81. The standard InChI is InChI=1S/C26H32FN3O4S/c1-26(2,3)17-12-16-13-22(30-10-8-19(9-11-30)29-35(5,32)33)25(34-4)28-24(16)21(14-17)20-15-18(27)6-7-23(20)31/h6,12-15,19,29H,7-11H2,1-5H3. The van der Waals surface area contributed by atoms with Gasteiger partial charge in [0.15, 0.2) is 5.78 Å². The van der Waals surface area contributed by atoms with Crippen LogP contribution in [0.5, 0.6) is 5.88 Å². The number of nitrogens with one attached hydrogen (secondary N) is 1. The van der Waals surface area contributed by atoms with Crippen molar-refractivity contribution in [3.63, 3.8) is 0 Å². The van der Waals surface area contributed by atoms with Crippen LogP contribution < -0.4 is 14.4 Å². The van der Waals surface area contributed by atoms with Crippen molar-refractivity contribution in [3.8, 4) is 5.88 Å². The highest BCUT2D eigenvalue weighted by Crippen LogP contribution is 2.39. The fraction of sp³-hybridized carbons (Fsp3) is 0.462. The van der Waals surface area contributed by atoms with Gasteiger partial charge in [0.2, 0.25) is 15.9 Å². The fourth-order valence-electron chi connectivity index (χ4n) is 4.62. The van der Waals surface area contributed by atoms with Gasteiger partial charge in [-0.1, -0.05) is 20.8 Å². The summed E-state index contributed by atoms with van der Waals surface area (Å²) in [7, 11) is -1.71. The third-order valence-electron chi connectivity index (χ3n) is 6.50. The first-order chi connectivity index (χ1) is 16.4. The number of hydrogen-bond donors (Lipinski definition) is 1. The summed E-state index contributed by atoms with van der Waals surface area (Å²) in [5, 5.41) is 0.836. The Labute approximate surface area is 206 Å². The second-order valence-electron chi connectivity index (χ2n) is 10.3. The van der Waals surface area contributed by atoms with Crippen LogP contribution in [0, 0.1) is 0 Å². The van der Waals surface area contributed by atoms with Gasteiger partial charge in [0, 0.05) is 42.1 Å². The van der Waals surface area contributed by atoms with Gasteiger partial charge >= 0.3 is 0 Å². The molecule has 2 aliphatic rings. The average Bonchev–Trinajstić information content (AvgIpc) is 2.78. The second kappa shape index (κ2) is 9.35. The van der Waals surface area contributed by atoms with Gasteiger partial charge in [0.1, 0.15) is 11.5 Å². The molecule has 1 aliphatic carbocycles. The summed E-state index contributed by atoms with van der Waals surface area (Å²) in [4.78, 5) is 19.7. The van der Waals surface area contributed by atoms with E-state index in [0.717, 1.165) is 16.6 Å². The Morgan fingerprint density at radius 2 is 1.86 bits per heavy atom. The number of aromatic nitrogens is 1. The SMILES string of the molecule is COc1nc2c(C3=CC(F)=CCC3=O)cc(C(C)(C)C)cc2cc1N1CCC(NS(C)(=O)=O)CC1. The Morgan fingerprint density at radius 3 is 2.46 bits per heavy atom. The summed E-state index contributed by atoms with van der Waals surface area (Å²) < 4.78 is 45.7. The maximum absolute atomic E-state index is 14.2. The molecular weight excluding hydrogens is 469 g/mol. The number of ketones is 1. The molecule has 0 amide bonds. The highest BCUT2D eigenvalue weighted by Gasteiger charge is 2.27. The van der Waals surface area contributed by atoms with Gasteiger partial charge in [0.05, 0.1) is 18.9 Å². The second-order valence-corrected chi connectivity index (χ2v) is 12.1. The molecule has 0 atom stereocenters. The molecule has 9 heteroatoms. The van der Waals surface area contributed by atoms with Crippen LogP contribution in [0.25, 0.3) is 16.5 Å². The number of carbonyl (C=O) groups is 1.